The van der Waals surface area contributed by atoms with E-state index in [1.165, 1.54) is 25.1 Å². The highest BCUT2D eigenvalue weighted by atomic mass is 16.8. The van der Waals surface area contributed by atoms with Crippen LogP contribution in [-0.2, 0) is 30.2 Å². The second-order valence-electron chi connectivity index (χ2n) is 11.1. The van der Waals surface area contributed by atoms with E-state index in [9.17, 15) is 24.3 Å². The number of rotatable bonds is 9. The van der Waals surface area contributed by atoms with Gasteiger partial charge in [-0.05, 0) is 80.0 Å². The van der Waals surface area contributed by atoms with Gasteiger partial charge >= 0.3 is 24.4 Å². The number of nitrogens with two attached hydrogens (primary N) is 1. The minimum Gasteiger partial charge on any atom is -0.480 e. The molecule has 0 fully saturated rings. The second kappa shape index (κ2) is 12.8. The molecule has 1 aromatic carbocycles. The average Bonchev–Trinajstić information content (AvgIpc) is 2.65. The fourth-order valence-electron chi connectivity index (χ4n) is 3.09. The Morgan fingerprint density at radius 3 is 1.76 bits per heavy atom. The Kier molecular flexibility index (Phi) is 11.0. The number of hydrogen-bond donors (Lipinski definition) is 2. The van der Waals surface area contributed by atoms with Crippen LogP contribution in [-0.4, -0.2) is 58.5 Å². The van der Waals surface area contributed by atoms with Crippen LogP contribution in [0.4, 0.5) is 14.4 Å². The standard InChI is InChI=1S/C26H39NO11/c1-15(2)33-21(30)34-16(3)13-26(27,20(28)29)14-17-10-11-18(35-22(31)37-24(4,5)6)19(12-17)36-23(32)38-25(7,8)9/h10-12,15-16H,13-14,27H2,1-9H3,(H,28,29)/t16-,26?/m0/s1. The van der Waals surface area contributed by atoms with Gasteiger partial charge in [-0.1, -0.05) is 6.07 Å². The van der Waals surface area contributed by atoms with E-state index in [1.807, 2.05) is 0 Å². The van der Waals surface area contributed by atoms with Crippen molar-refractivity contribution < 1.29 is 52.7 Å². The quantitative estimate of drug-likeness (QED) is 0.244. The van der Waals surface area contributed by atoms with E-state index in [1.54, 1.807) is 55.4 Å². The Labute approximate surface area is 222 Å². The van der Waals surface area contributed by atoms with Crippen LogP contribution in [0, 0.1) is 0 Å². The van der Waals surface area contributed by atoms with Crippen LogP contribution in [0.25, 0.3) is 0 Å². The molecule has 0 radical (unpaired) electrons. The first-order valence-electron chi connectivity index (χ1n) is 12.0. The summed E-state index contributed by atoms with van der Waals surface area (Å²) in [5, 5.41) is 9.86. The third-order valence-corrected chi connectivity index (χ3v) is 4.40. The summed E-state index contributed by atoms with van der Waals surface area (Å²) in [5.74, 6) is -1.74. The van der Waals surface area contributed by atoms with Gasteiger partial charge in [-0.15, -0.1) is 0 Å². The molecule has 0 aliphatic heterocycles. The Balaban J connectivity index is 3.24. The highest BCUT2D eigenvalue weighted by Crippen LogP contribution is 2.32. The zero-order valence-electron chi connectivity index (χ0n) is 23.4. The van der Waals surface area contributed by atoms with Gasteiger partial charge in [0.25, 0.3) is 0 Å². The number of carbonyl (C=O) groups is 4. The van der Waals surface area contributed by atoms with Gasteiger partial charge in [-0.2, -0.15) is 0 Å². The molecule has 0 amide bonds. The molecule has 0 bridgehead atoms. The van der Waals surface area contributed by atoms with Crippen molar-refractivity contribution in [3.05, 3.63) is 23.8 Å². The molecule has 12 nitrogen and oxygen atoms in total. The van der Waals surface area contributed by atoms with E-state index in [-0.39, 0.29) is 24.3 Å². The van der Waals surface area contributed by atoms with Gasteiger partial charge in [-0.3, -0.25) is 4.79 Å². The summed E-state index contributed by atoms with van der Waals surface area (Å²) < 4.78 is 30.8. The fourth-order valence-corrected chi connectivity index (χ4v) is 3.09. The molecular weight excluding hydrogens is 502 g/mol. The molecule has 38 heavy (non-hydrogen) atoms. The summed E-state index contributed by atoms with van der Waals surface area (Å²) in [4.78, 5) is 48.4. The summed E-state index contributed by atoms with van der Waals surface area (Å²) >= 11 is 0. The monoisotopic (exact) mass is 541 g/mol. The predicted octanol–water partition coefficient (Wildman–Crippen LogP) is 4.98. The van der Waals surface area contributed by atoms with Crippen LogP contribution in [0.2, 0.25) is 0 Å². The maximum Gasteiger partial charge on any atom is 0.514 e. The maximum atomic E-state index is 12.3. The molecule has 214 valence electrons. The number of carboxylic acids is 1. The summed E-state index contributed by atoms with van der Waals surface area (Å²) in [5.41, 5.74) is 2.93. The minimum absolute atomic E-state index is 0.167. The van der Waals surface area contributed by atoms with Crippen molar-refractivity contribution in [3.63, 3.8) is 0 Å². The largest absolute Gasteiger partial charge is 0.514 e. The fraction of sp³-hybridized carbons (Fsp3) is 0.615. The normalized spacial score (nSPS) is 14.1. The number of hydrogen-bond acceptors (Lipinski definition) is 11. The Hall–Kier alpha value is -3.54. The van der Waals surface area contributed by atoms with E-state index < -0.39 is 53.4 Å². The summed E-state index contributed by atoms with van der Waals surface area (Å²) in [7, 11) is 0. The maximum absolute atomic E-state index is 12.3. The van der Waals surface area contributed by atoms with Crippen molar-refractivity contribution in [3.8, 4) is 11.5 Å². The van der Waals surface area contributed by atoms with Crippen LogP contribution in [0.3, 0.4) is 0 Å². The highest BCUT2D eigenvalue weighted by molar-refractivity contribution is 5.79. The molecule has 0 spiro atoms. The number of aliphatic carboxylic acids is 1. The second-order valence-corrected chi connectivity index (χ2v) is 11.1. The van der Waals surface area contributed by atoms with Gasteiger partial charge < -0.3 is 39.3 Å². The van der Waals surface area contributed by atoms with Gasteiger partial charge in [0.1, 0.15) is 22.8 Å². The average molecular weight is 542 g/mol. The third kappa shape index (κ3) is 12.1. The zero-order chi connectivity index (χ0) is 29.5. The Bertz CT molecular complexity index is 1010. The van der Waals surface area contributed by atoms with E-state index in [0.717, 1.165) is 0 Å². The number of benzene rings is 1. The van der Waals surface area contributed by atoms with Gasteiger partial charge in [0, 0.05) is 12.8 Å². The summed E-state index contributed by atoms with van der Waals surface area (Å²) in [6.45, 7) is 14.6. The van der Waals surface area contributed by atoms with Crippen LogP contribution in [0.1, 0.15) is 74.3 Å². The number of carbonyl (C=O) groups excluding carboxylic acids is 3. The molecule has 1 unspecified atom stereocenters. The molecule has 12 heteroatoms. The van der Waals surface area contributed by atoms with Crippen LogP contribution in [0.15, 0.2) is 18.2 Å². The molecule has 1 aromatic rings. The smallest absolute Gasteiger partial charge is 0.480 e. The zero-order valence-corrected chi connectivity index (χ0v) is 23.4. The van der Waals surface area contributed by atoms with Gasteiger partial charge in [0.15, 0.2) is 11.5 Å². The van der Waals surface area contributed by atoms with Crippen molar-refractivity contribution in [1.82, 2.24) is 0 Å². The highest BCUT2D eigenvalue weighted by Gasteiger charge is 2.37. The van der Waals surface area contributed by atoms with E-state index in [4.69, 9.17) is 34.2 Å². The van der Waals surface area contributed by atoms with Crippen LogP contribution in [0.5, 0.6) is 11.5 Å². The lowest BCUT2D eigenvalue weighted by Crippen LogP contribution is -2.52. The Morgan fingerprint density at radius 2 is 1.32 bits per heavy atom. The molecule has 0 aliphatic carbocycles. The molecular formula is C26H39NO11. The minimum atomic E-state index is -1.88. The molecule has 0 saturated heterocycles. The van der Waals surface area contributed by atoms with Gasteiger partial charge in [0.2, 0.25) is 0 Å². The van der Waals surface area contributed by atoms with Crippen molar-refractivity contribution in [1.29, 1.82) is 0 Å². The van der Waals surface area contributed by atoms with Crippen LogP contribution >= 0.6 is 0 Å². The molecule has 0 aliphatic rings. The molecule has 0 aromatic heterocycles. The predicted molar refractivity (Wildman–Crippen MR) is 135 cm³/mol. The number of carboxylic acid groups (broad SMARTS) is 1. The van der Waals surface area contributed by atoms with Gasteiger partial charge in [0.05, 0.1) is 6.10 Å². The van der Waals surface area contributed by atoms with Crippen molar-refractivity contribution in [2.24, 2.45) is 5.73 Å². The van der Waals surface area contributed by atoms with Gasteiger partial charge in [-0.25, -0.2) is 14.4 Å². The third-order valence-electron chi connectivity index (χ3n) is 4.40. The first-order valence-corrected chi connectivity index (χ1v) is 12.0. The molecule has 3 N–H and O–H groups in total. The van der Waals surface area contributed by atoms with Crippen molar-refractivity contribution in [2.75, 3.05) is 0 Å². The van der Waals surface area contributed by atoms with E-state index in [0.29, 0.717) is 5.56 Å². The van der Waals surface area contributed by atoms with Crippen molar-refractivity contribution in [2.45, 2.75) is 104 Å². The van der Waals surface area contributed by atoms with Crippen molar-refractivity contribution >= 4 is 24.4 Å². The SMILES string of the molecule is CC(C)OC(=O)O[C@@H](C)CC(N)(Cc1ccc(OC(=O)OC(C)(C)C)c(OC(=O)OC(C)(C)C)c1)C(=O)O. The number of ether oxygens (including phenoxy) is 6. The summed E-state index contributed by atoms with van der Waals surface area (Å²) in [6, 6.07) is 4.05. The summed E-state index contributed by atoms with van der Waals surface area (Å²) in [6.07, 6.45) is -4.89. The first kappa shape index (κ1) is 32.5. The van der Waals surface area contributed by atoms with E-state index in [2.05, 4.69) is 0 Å². The molecule has 0 saturated carbocycles. The van der Waals surface area contributed by atoms with E-state index >= 15 is 0 Å². The Morgan fingerprint density at radius 1 is 0.816 bits per heavy atom. The molecule has 1 rings (SSSR count). The lowest BCUT2D eigenvalue weighted by atomic mass is 9.86. The molecule has 2 atom stereocenters. The topological polar surface area (TPSA) is 170 Å². The first-order chi connectivity index (χ1) is 17.2. The van der Waals surface area contributed by atoms with Crippen LogP contribution < -0.4 is 15.2 Å². The lowest BCUT2D eigenvalue weighted by Gasteiger charge is -2.28. The molecule has 0 heterocycles. The lowest BCUT2D eigenvalue weighted by molar-refractivity contribution is -0.144.